The van der Waals surface area contributed by atoms with Crippen molar-refractivity contribution in [2.45, 2.75) is 12.2 Å². The second-order valence-electron chi connectivity index (χ2n) is 3.30. The summed E-state index contributed by atoms with van der Waals surface area (Å²) in [6.45, 7) is 2.20. The van der Waals surface area contributed by atoms with E-state index >= 15 is 0 Å². The average molecular weight is 428 g/mol. The van der Waals surface area contributed by atoms with Crippen LogP contribution in [-0.2, 0) is 0 Å². The lowest BCUT2D eigenvalue weighted by Gasteiger charge is -2.13. The lowest BCUT2D eigenvalue weighted by atomic mass is 10.1. The average Bonchev–Trinajstić information content (AvgIpc) is 2.49. The molecule has 0 saturated carbocycles. The van der Waals surface area contributed by atoms with E-state index in [9.17, 15) is 0 Å². The molecular weight excluding hydrogens is 418 g/mol. The number of thioether (sulfide) groups is 1. The Balaban J connectivity index is 2.38. The lowest BCUT2D eigenvalue weighted by Crippen LogP contribution is -1.93. The normalized spacial score (nSPS) is 21.8. The van der Waals surface area contributed by atoms with Gasteiger partial charge in [-0.3, -0.25) is 0 Å². The number of aryl methyl sites for hydroxylation is 1. The fourth-order valence-corrected chi connectivity index (χ4v) is 5.14. The molecule has 1 unspecified atom stereocenters. The molecule has 14 heavy (non-hydrogen) atoms. The Kier molecular flexibility index (Phi) is 3.81. The molecule has 1 atom stereocenters. The van der Waals surface area contributed by atoms with Crippen LogP contribution in [0.4, 0.5) is 0 Å². The van der Waals surface area contributed by atoms with Gasteiger partial charge in [-0.15, -0.1) is 11.8 Å². The third kappa shape index (κ3) is 2.14. The molecule has 1 aliphatic rings. The van der Waals surface area contributed by atoms with E-state index in [1.54, 1.807) is 0 Å². The minimum absolute atomic E-state index is 0.587. The molecule has 2 rings (SSSR count). The molecular formula is C11H10I2S. The van der Waals surface area contributed by atoms with Gasteiger partial charge in [0.1, 0.15) is 0 Å². The van der Waals surface area contributed by atoms with Gasteiger partial charge in [0.2, 0.25) is 0 Å². The zero-order valence-electron chi connectivity index (χ0n) is 7.76. The maximum atomic E-state index is 2.49. The summed E-state index contributed by atoms with van der Waals surface area (Å²) in [5.74, 6) is 1.18. The number of hydrogen-bond donors (Lipinski definition) is 0. The standard InChI is InChI=1S/C11H10I2S/c1-7-4-2-3-5-8(7)11-10(13)9(12)6-14-11/h2-5,11H,6H2,1H3. The van der Waals surface area contributed by atoms with Gasteiger partial charge in [0.25, 0.3) is 0 Å². The Morgan fingerprint density at radius 3 is 2.57 bits per heavy atom. The van der Waals surface area contributed by atoms with Crippen molar-refractivity contribution in [3.05, 3.63) is 42.6 Å². The summed E-state index contributed by atoms with van der Waals surface area (Å²) in [6, 6.07) is 8.70. The van der Waals surface area contributed by atoms with Crippen molar-refractivity contribution in [2.75, 3.05) is 5.75 Å². The zero-order valence-corrected chi connectivity index (χ0v) is 12.9. The number of rotatable bonds is 1. The van der Waals surface area contributed by atoms with Crippen LogP contribution in [0.3, 0.4) is 0 Å². The third-order valence-corrected chi connectivity index (χ3v) is 7.82. The second kappa shape index (κ2) is 4.74. The van der Waals surface area contributed by atoms with Crippen molar-refractivity contribution in [1.82, 2.24) is 0 Å². The Morgan fingerprint density at radius 2 is 2.00 bits per heavy atom. The maximum absolute atomic E-state index is 2.49. The summed E-state index contributed by atoms with van der Waals surface area (Å²) in [5, 5.41) is 0.587. The molecule has 0 amide bonds. The van der Waals surface area contributed by atoms with E-state index in [0.29, 0.717) is 5.25 Å². The first-order chi connectivity index (χ1) is 6.70. The van der Waals surface area contributed by atoms with Crippen LogP contribution in [0.1, 0.15) is 16.4 Å². The van der Waals surface area contributed by atoms with Gasteiger partial charge in [0.15, 0.2) is 0 Å². The SMILES string of the molecule is Cc1ccccc1C1SCC(I)=C1I. The highest BCUT2D eigenvalue weighted by molar-refractivity contribution is 14.1. The van der Waals surface area contributed by atoms with Gasteiger partial charge in [-0.05, 0) is 63.2 Å². The van der Waals surface area contributed by atoms with E-state index in [0.717, 1.165) is 0 Å². The molecule has 0 N–H and O–H groups in total. The van der Waals surface area contributed by atoms with Gasteiger partial charge < -0.3 is 0 Å². The molecule has 0 spiro atoms. The molecule has 0 bridgehead atoms. The highest BCUT2D eigenvalue weighted by atomic mass is 127. The Bertz CT molecular complexity index is 385. The van der Waals surface area contributed by atoms with Crippen molar-refractivity contribution < 1.29 is 0 Å². The van der Waals surface area contributed by atoms with Gasteiger partial charge >= 0.3 is 0 Å². The minimum Gasteiger partial charge on any atom is -0.143 e. The Hall–Kier alpha value is 0.770. The summed E-state index contributed by atoms with van der Waals surface area (Å²) < 4.78 is 3.03. The molecule has 1 aromatic rings. The van der Waals surface area contributed by atoms with E-state index < -0.39 is 0 Å². The second-order valence-corrected chi connectivity index (χ2v) is 6.86. The highest BCUT2D eigenvalue weighted by Gasteiger charge is 2.25. The van der Waals surface area contributed by atoms with Crippen LogP contribution in [0.15, 0.2) is 31.4 Å². The van der Waals surface area contributed by atoms with E-state index in [1.165, 1.54) is 24.0 Å². The molecule has 1 aliphatic heterocycles. The van der Waals surface area contributed by atoms with Gasteiger partial charge in [0.05, 0.1) is 5.25 Å². The van der Waals surface area contributed by atoms with E-state index in [4.69, 9.17) is 0 Å². The first-order valence-electron chi connectivity index (χ1n) is 4.41. The molecule has 0 saturated heterocycles. The van der Waals surface area contributed by atoms with Gasteiger partial charge in [-0.1, -0.05) is 24.3 Å². The monoisotopic (exact) mass is 428 g/mol. The summed E-state index contributed by atoms with van der Waals surface area (Å²) in [7, 11) is 0. The summed E-state index contributed by atoms with van der Waals surface area (Å²) in [5.41, 5.74) is 2.89. The predicted molar refractivity (Wildman–Crippen MR) is 81.4 cm³/mol. The van der Waals surface area contributed by atoms with Crippen LogP contribution in [0, 0.1) is 6.92 Å². The van der Waals surface area contributed by atoms with Crippen molar-refractivity contribution in [3.8, 4) is 0 Å². The first kappa shape index (κ1) is 11.3. The smallest absolute Gasteiger partial charge is 0.0617 e. The van der Waals surface area contributed by atoms with Crippen molar-refractivity contribution in [3.63, 3.8) is 0 Å². The van der Waals surface area contributed by atoms with E-state index in [2.05, 4.69) is 76.4 Å². The van der Waals surface area contributed by atoms with Crippen LogP contribution >= 0.6 is 56.9 Å². The number of hydrogen-bond acceptors (Lipinski definition) is 1. The summed E-state index contributed by atoms with van der Waals surface area (Å²) in [4.78, 5) is 0. The quantitative estimate of drug-likeness (QED) is 0.576. The Morgan fingerprint density at radius 1 is 1.29 bits per heavy atom. The molecule has 74 valence electrons. The van der Waals surface area contributed by atoms with E-state index in [-0.39, 0.29) is 0 Å². The molecule has 0 nitrogen and oxygen atoms in total. The number of halogens is 2. The highest BCUT2D eigenvalue weighted by Crippen LogP contribution is 2.49. The molecule has 1 aromatic carbocycles. The molecule has 0 radical (unpaired) electrons. The minimum atomic E-state index is 0.587. The van der Waals surface area contributed by atoms with E-state index in [1.807, 2.05) is 11.8 Å². The van der Waals surface area contributed by atoms with Gasteiger partial charge in [-0.2, -0.15) is 0 Å². The van der Waals surface area contributed by atoms with Crippen molar-refractivity contribution in [2.24, 2.45) is 0 Å². The zero-order chi connectivity index (χ0) is 10.1. The van der Waals surface area contributed by atoms with Crippen molar-refractivity contribution in [1.29, 1.82) is 0 Å². The molecule has 0 aliphatic carbocycles. The summed E-state index contributed by atoms with van der Waals surface area (Å²) in [6.07, 6.45) is 0. The fourth-order valence-electron chi connectivity index (χ4n) is 1.55. The lowest BCUT2D eigenvalue weighted by molar-refractivity contribution is 1.19. The molecule has 0 fully saturated rings. The van der Waals surface area contributed by atoms with Crippen molar-refractivity contribution >= 4 is 56.9 Å². The van der Waals surface area contributed by atoms with Crippen LogP contribution in [0.2, 0.25) is 0 Å². The largest absolute Gasteiger partial charge is 0.143 e. The molecule has 3 heteroatoms. The third-order valence-electron chi connectivity index (χ3n) is 2.34. The summed E-state index contributed by atoms with van der Waals surface area (Å²) >= 11 is 6.99. The van der Waals surface area contributed by atoms with Gasteiger partial charge in [-0.25, -0.2) is 0 Å². The van der Waals surface area contributed by atoms with Crippen LogP contribution in [0.25, 0.3) is 0 Å². The fraction of sp³-hybridized carbons (Fsp3) is 0.273. The van der Waals surface area contributed by atoms with Gasteiger partial charge in [0, 0.05) is 12.9 Å². The topological polar surface area (TPSA) is 0 Å². The van der Waals surface area contributed by atoms with Crippen LogP contribution in [-0.4, -0.2) is 5.75 Å². The van der Waals surface area contributed by atoms with Crippen LogP contribution in [0.5, 0.6) is 0 Å². The molecule has 1 heterocycles. The molecule has 0 aromatic heterocycles. The van der Waals surface area contributed by atoms with Crippen LogP contribution < -0.4 is 0 Å². The number of benzene rings is 1. The predicted octanol–water partition coefficient (Wildman–Crippen LogP) is 4.86. The first-order valence-corrected chi connectivity index (χ1v) is 7.62. The maximum Gasteiger partial charge on any atom is 0.0617 e. The Labute approximate surface area is 116 Å².